The summed E-state index contributed by atoms with van der Waals surface area (Å²) < 4.78 is 10.3. The van der Waals surface area contributed by atoms with Gasteiger partial charge >= 0.3 is 5.97 Å². The van der Waals surface area contributed by atoms with Crippen LogP contribution in [0.25, 0.3) is 6.08 Å². The summed E-state index contributed by atoms with van der Waals surface area (Å²) in [6.07, 6.45) is 6.89. The van der Waals surface area contributed by atoms with Gasteiger partial charge < -0.3 is 19.7 Å². The van der Waals surface area contributed by atoms with E-state index in [1.807, 2.05) is 6.08 Å². The van der Waals surface area contributed by atoms with Gasteiger partial charge in [-0.1, -0.05) is 12.2 Å². The third-order valence-corrected chi connectivity index (χ3v) is 3.98. The van der Waals surface area contributed by atoms with Crippen molar-refractivity contribution in [2.45, 2.75) is 51.6 Å². The second-order valence-electron chi connectivity index (χ2n) is 6.17. The molecule has 6 heteroatoms. The molecule has 0 radical (unpaired) electrons. The van der Waals surface area contributed by atoms with Gasteiger partial charge in [-0.3, -0.25) is 4.79 Å². The first-order chi connectivity index (χ1) is 12.4. The molecule has 0 aliphatic heterocycles. The van der Waals surface area contributed by atoms with E-state index in [0.29, 0.717) is 49.8 Å². The molecule has 0 aliphatic carbocycles. The zero-order chi connectivity index (χ0) is 19.5. The number of carbonyl (C=O) groups excluding carboxylic acids is 1. The van der Waals surface area contributed by atoms with Gasteiger partial charge in [-0.15, -0.1) is 0 Å². The number of carboxylic acids is 1. The summed E-state index contributed by atoms with van der Waals surface area (Å²) in [6.45, 7) is 1.72. The van der Waals surface area contributed by atoms with E-state index < -0.39 is 5.97 Å². The lowest BCUT2D eigenvalue weighted by Gasteiger charge is -2.11. The van der Waals surface area contributed by atoms with E-state index in [2.05, 4.69) is 0 Å². The first-order valence-corrected chi connectivity index (χ1v) is 8.74. The molecule has 1 atom stereocenters. The lowest BCUT2D eigenvalue weighted by molar-refractivity contribution is -0.119. The second kappa shape index (κ2) is 11.3. The van der Waals surface area contributed by atoms with Crippen molar-refractivity contribution >= 4 is 17.8 Å². The fraction of sp³-hybridized carbons (Fsp3) is 0.500. The molecule has 1 unspecified atom stereocenters. The van der Waals surface area contributed by atoms with Crippen molar-refractivity contribution in [3.05, 3.63) is 29.3 Å². The first-order valence-electron chi connectivity index (χ1n) is 8.74. The average Bonchev–Trinajstić information content (AvgIpc) is 2.59. The van der Waals surface area contributed by atoms with Gasteiger partial charge in [-0.2, -0.15) is 0 Å². The third kappa shape index (κ3) is 7.27. The zero-order valence-corrected chi connectivity index (χ0v) is 15.7. The number of hydrogen-bond acceptors (Lipinski definition) is 5. The van der Waals surface area contributed by atoms with Gasteiger partial charge in [0.2, 0.25) is 0 Å². The summed E-state index contributed by atoms with van der Waals surface area (Å²) in [5.74, 6) is -0.129. The molecule has 1 rings (SSSR count). The van der Waals surface area contributed by atoms with Crippen LogP contribution in [0.2, 0.25) is 0 Å². The highest BCUT2D eigenvalue weighted by Crippen LogP contribution is 2.30. The number of rotatable bonds is 12. The Hall–Kier alpha value is -2.34. The molecule has 0 fully saturated rings. The van der Waals surface area contributed by atoms with Gasteiger partial charge in [0.05, 0.1) is 20.3 Å². The van der Waals surface area contributed by atoms with Crippen molar-refractivity contribution in [3.8, 4) is 11.5 Å². The topological polar surface area (TPSA) is 93.1 Å². The SMILES string of the molecule is COc1cc(/C=C/CCCC(=O)CCCC(C)O)c(C(=O)O)c(OC)c1. The number of carbonyl (C=O) groups is 2. The minimum absolute atomic E-state index is 0.0822. The maximum atomic E-state index is 11.8. The lowest BCUT2D eigenvalue weighted by atomic mass is 10.0. The highest BCUT2D eigenvalue weighted by molar-refractivity contribution is 5.95. The van der Waals surface area contributed by atoms with E-state index in [-0.39, 0.29) is 23.2 Å². The summed E-state index contributed by atoms with van der Waals surface area (Å²) >= 11 is 0. The van der Waals surface area contributed by atoms with Crippen LogP contribution in [0.15, 0.2) is 18.2 Å². The summed E-state index contributed by atoms with van der Waals surface area (Å²) in [5, 5.41) is 18.6. The number of aliphatic hydroxyl groups is 1. The van der Waals surface area contributed by atoms with E-state index >= 15 is 0 Å². The predicted molar refractivity (Wildman–Crippen MR) is 99.9 cm³/mol. The number of aromatic carboxylic acids is 1. The number of unbranched alkanes of at least 4 members (excludes halogenated alkanes) is 1. The van der Waals surface area contributed by atoms with Gasteiger partial charge in [0.1, 0.15) is 22.8 Å². The van der Waals surface area contributed by atoms with Crippen molar-refractivity contribution in [1.29, 1.82) is 0 Å². The third-order valence-electron chi connectivity index (χ3n) is 3.98. The van der Waals surface area contributed by atoms with E-state index in [1.165, 1.54) is 20.3 Å². The van der Waals surface area contributed by atoms with Crippen LogP contribution in [-0.2, 0) is 4.79 Å². The number of Topliss-reactive ketones (excluding diaryl/α,β-unsaturated/α-hetero) is 1. The molecule has 0 aromatic heterocycles. The van der Waals surface area contributed by atoms with Crippen molar-refractivity contribution in [2.24, 2.45) is 0 Å². The maximum Gasteiger partial charge on any atom is 0.340 e. The van der Waals surface area contributed by atoms with Crippen LogP contribution in [-0.4, -0.2) is 42.3 Å². The average molecular weight is 364 g/mol. The molecular weight excluding hydrogens is 336 g/mol. The molecule has 1 aromatic carbocycles. The summed E-state index contributed by atoms with van der Waals surface area (Å²) in [7, 11) is 2.92. The van der Waals surface area contributed by atoms with E-state index in [9.17, 15) is 19.8 Å². The van der Waals surface area contributed by atoms with Crippen molar-refractivity contribution in [3.63, 3.8) is 0 Å². The number of aliphatic hydroxyl groups excluding tert-OH is 1. The number of hydrogen-bond donors (Lipinski definition) is 2. The Balaban J connectivity index is 2.62. The van der Waals surface area contributed by atoms with Crippen LogP contribution in [0.4, 0.5) is 0 Å². The fourth-order valence-corrected chi connectivity index (χ4v) is 2.60. The molecule has 0 bridgehead atoms. The highest BCUT2D eigenvalue weighted by Gasteiger charge is 2.17. The van der Waals surface area contributed by atoms with Crippen LogP contribution in [0.3, 0.4) is 0 Å². The van der Waals surface area contributed by atoms with Crippen molar-refractivity contribution in [2.75, 3.05) is 14.2 Å². The molecule has 0 amide bonds. The molecule has 0 saturated heterocycles. The highest BCUT2D eigenvalue weighted by atomic mass is 16.5. The van der Waals surface area contributed by atoms with Crippen LogP contribution < -0.4 is 9.47 Å². The van der Waals surface area contributed by atoms with Gasteiger partial charge in [-0.25, -0.2) is 4.79 Å². The minimum atomic E-state index is -1.07. The number of methoxy groups -OCH3 is 2. The molecule has 1 aromatic rings. The van der Waals surface area contributed by atoms with Gasteiger partial charge in [0.25, 0.3) is 0 Å². The predicted octanol–water partition coefficient (Wildman–Crippen LogP) is 3.71. The summed E-state index contributed by atoms with van der Waals surface area (Å²) in [5.41, 5.74) is 0.579. The Kier molecular flexibility index (Phi) is 9.44. The fourth-order valence-electron chi connectivity index (χ4n) is 2.60. The molecule has 0 heterocycles. The monoisotopic (exact) mass is 364 g/mol. The van der Waals surface area contributed by atoms with Crippen molar-refractivity contribution < 1.29 is 29.3 Å². The van der Waals surface area contributed by atoms with Gasteiger partial charge in [-0.05, 0) is 44.2 Å². The normalized spacial score (nSPS) is 12.2. The lowest BCUT2D eigenvalue weighted by Crippen LogP contribution is -2.04. The largest absolute Gasteiger partial charge is 0.497 e. The molecule has 144 valence electrons. The number of carboxylic acid groups (broad SMARTS) is 1. The first kappa shape index (κ1) is 21.7. The Morgan fingerprint density at radius 3 is 2.42 bits per heavy atom. The zero-order valence-electron chi connectivity index (χ0n) is 15.7. The molecule has 0 saturated carbocycles. The molecular formula is C20H28O6. The Morgan fingerprint density at radius 2 is 1.85 bits per heavy atom. The Labute approximate surface area is 154 Å². The summed E-state index contributed by atoms with van der Waals surface area (Å²) in [6, 6.07) is 3.18. The number of allylic oxidation sites excluding steroid dienone is 1. The van der Waals surface area contributed by atoms with E-state index in [4.69, 9.17) is 9.47 Å². The molecule has 2 N–H and O–H groups in total. The number of ether oxygens (including phenoxy) is 2. The molecule has 0 aliphatic rings. The Morgan fingerprint density at radius 1 is 1.15 bits per heavy atom. The van der Waals surface area contributed by atoms with Crippen LogP contribution in [0.1, 0.15) is 61.4 Å². The number of ketones is 1. The smallest absolute Gasteiger partial charge is 0.340 e. The van der Waals surface area contributed by atoms with Crippen LogP contribution >= 0.6 is 0 Å². The Bertz CT molecular complexity index is 633. The standard InChI is InChI=1S/C20H28O6/c1-14(21)8-7-11-16(22)10-6-4-5-9-15-12-17(25-2)13-18(26-3)19(15)20(23)24/h5,9,12-14,21H,4,6-8,10-11H2,1-3H3,(H,23,24)/b9-5+. The molecule has 0 spiro atoms. The van der Waals surface area contributed by atoms with Crippen LogP contribution in [0.5, 0.6) is 11.5 Å². The number of benzene rings is 1. The van der Waals surface area contributed by atoms with E-state index in [1.54, 1.807) is 19.1 Å². The maximum absolute atomic E-state index is 11.8. The minimum Gasteiger partial charge on any atom is -0.497 e. The van der Waals surface area contributed by atoms with Gasteiger partial charge in [0.15, 0.2) is 0 Å². The quantitative estimate of drug-likeness (QED) is 0.549. The molecule has 6 nitrogen and oxygen atoms in total. The summed E-state index contributed by atoms with van der Waals surface area (Å²) in [4.78, 5) is 23.3. The van der Waals surface area contributed by atoms with E-state index in [0.717, 1.165) is 0 Å². The second-order valence-corrected chi connectivity index (χ2v) is 6.17. The van der Waals surface area contributed by atoms with Crippen LogP contribution in [0, 0.1) is 0 Å². The van der Waals surface area contributed by atoms with Gasteiger partial charge in [0, 0.05) is 18.9 Å². The van der Waals surface area contributed by atoms with Crippen molar-refractivity contribution in [1.82, 2.24) is 0 Å². The molecule has 26 heavy (non-hydrogen) atoms.